The van der Waals surface area contributed by atoms with Gasteiger partial charge in [0.25, 0.3) is 5.56 Å². The number of nitrogens with zero attached hydrogens (tertiary/aromatic N) is 1. The zero-order chi connectivity index (χ0) is 13.7. The summed E-state index contributed by atoms with van der Waals surface area (Å²) in [6.45, 7) is 2.28. The largest absolute Gasteiger partial charge is 0.328 e. The molecule has 1 atom stereocenters. The number of aromatic amines is 1. The second-order valence-electron chi connectivity index (χ2n) is 4.65. The van der Waals surface area contributed by atoms with Crippen LogP contribution in [0.3, 0.4) is 0 Å². The molecule has 100 valence electrons. The molecular formula is C12H12ClN3O2S. The number of nitrogens with one attached hydrogen (secondary N) is 1. The molecule has 2 aromatic rings. The average molecular weight is 298 g/mol. The number of hydrogen-bond donors (Lipinski definition) is 2. The molecule has 5 nitrogen and oxygen atoms in total. The predicted octanol–water partition coefficient (Wildman–Crippen LogP) is 1.08. The number of nitrogens with two attached hydrogens (primary N) is 1. The standard InChI is InChI=1S/C12H12ClN3O2S/c1-5-8(13)2-7-9-10(5)19-4-6(14)3-16(9)12(18)15-11(7)17/h2,6H,3-4,14H2,1H3,(H,15,17,18)/t6-/m0/s1. The van der Waals surface area contributed by atoms with E-state index in [9.17, 15) is 9.59 Å². The van der Waals surface area contributed by atoms with Gasteiger partial charge in [-0.1, -0.05) is 11.6 Å². The van der Waals surface area contributed by atoms with Crippen LogP contribution < -0.4 is 17.0 Å². The first-order chi connectivity index (χ1) is 8.99. The minimum atomic E-state index is -0.418. The van der Waals surface area contributed by atoms with Crippen molar-refractivity contribution in [1.82, 2.24) is 9.55 Å². The van der Waals surface area contributed by atoms with Gasteiger partial charge in [0.2, 0.25) is 0 Å². The molecule has 2 heterocycles. The molecule has 0 aliphatic carbocycles. The number of H-pyrrole nitrogens is 1. The van der Waals surface area contributed by atoms with Crippen molar-refractivity contribution in [3.63, 3.8) is 0 Å². The summed E-state index contributed by atoms with van der Waals surface area (Å²) in [5, 5.41) is 0.966. The van der Waals surface area contributed by atoms with Crippen molar-refractivity contribution in [3.8, 4) is 0 Å². The van der Waals surface area contributed by atoms with Crippen molar-refractivity contribution < 1.29 is 0 Å². The number of thioether (sulfide) groups is 1. The van der Waals surface area contributed by atoms with E-state index in [1.54, 1.807) is 22.4 Å². The van der Waals surface area contributed by atoms with Crippen LogP contribution in [0, 0.1) is 6.92 Å². The molecule has 1 aliphatic heterocycles. The average Bonchev–Trinajstić information content (AvgIpc) is 2.52. The number of hydrogen-bond acceptors (Lipinski definition) is 4. The van der Waals surface area contributed by atoms with Gasteiger partial charge in [0.1, 0.15) is 0 Å². The van der Waals surface area contributed by atoms with Crippen LogP contribution in [-0.2, 0) is 6.54 Å². The lowest BCUT2D eigenvalue weighted by molar-refractivity contribution is 0.586. The monoisotopic (exact) mass is 297 g/mol. The second-order valence-corrected chi connectivity index (χ2v) is 6.09. The van der Waals surface area contributed by atoms with Crippen molar-refractivity contribution >= 4 is 34.3 Å². The molecule has 0 spiro atoms. The Morgan fingerprint density at radius 2 is 2.26 bits per heavy atom. The van der Waals surface area contributed by atoms with Gasteiger partial charge in [0.15, 0.2) is 0 Å². The molecule has 0 amide bonds. The lowest BCUT2D eigenvalue weighted by Gasteiger charge is -2.12. The van der Waals surface area contributed by atoms with Gasteiger partial charge in [0, 0.05) is 28.3 Å². The smallest absolute Gasteiger partial charge is 0.325 e. The van der Waals surface area contributed by atoms with E-state index < -0.39 is 11.2 Å². The zero-order valence-corrected chi connectivity index (χ0v) is 11.8. The van der Waals surface area contributed by atoms with Gasteiger partial charge in [-0.25, -0.2) is 4.79 Å². The Hall–Kier alpha value is -1.24. The summed E-state index contributed by atoms with van der Waals surface area (Å²) in [4.78, 5) is 27.1. The molecule has 19 heavy (non-hydrogen) atoms. The Labute approximate surface area is 117 Å². The molecule has 7 heteroatoms. The second kappa shape index (κ2) is 4.40. The lowest BCUT2D eigenvalue weighted by Crippen LogP contribution is -2.36. The van der Waals surface area contributed by atoms with Gasteiger partial charge >= 0.3 is 5.69 Å². The Balaban J connectivity index is 2.57. The molecule has 3 N–H and O–H groups in total. The summed E-state index contributed by atoms with van der Waals surface area (Å²) in [6.07, 6.45) is 0. The molecule has 0 unspecified atom stereocenters. The van der Waals surface area contributed by atoms with Crippen molar-refractivity contribution in [2.45, 2.75) is 24.4 Å². The van der Waals surface area contributed by atoms with Crippen LogP contribution >= 0.6 is 23.4 Å². The maximum absolute atomic E-state index is 12.0. The SMILES string of the molecule is Cc1c(Cl)cc2c(=O)[nH]c(=O)n3c2c1SC[C@@H](N)C3. The van der Waals surface area contributed by atoms with Gasteiger partial charge in [0.05, 0.1) is 10.9 Å². The minimum absolute atomic E-state index is 0.137. The van der Waals surface area contributed by atoms with Crippen LogP contribution in [0.2, 0.25) is 5.02 Å². The molecule has 3 rings (SSSR count). The highest BCUT2D eigenvalue weighted by Gasteiger charge is 2.21. The topological polar surface area (TPSA) is 80.9 Å². The highest BCUT2D eigenvalue weighted by Crippen LogP contribution is 2.35. The van der Waals surface area contributed by atoms with E-state index in [0.29, 0.717) is 28.2 Å². The molecule has 0 bridgehead atoms. The molecule has 1 aliphatic rings. The first kappa shape index (κ1) is 12.8. The van der Waals surface area contributed by atoms with E-state index >= 15 is 0 Å². The first-order valence-corrected chi connectivity index (χ1v) is 7.19. The molecule has 0 radical (unpaired) electrons. The normalized spacial score (nSPS) is 18.6. The van der Waals surface area contributed by atoms with E-state index in [-0.39, 0.29) is 6.04 Å². The van der Waals surface area contributed by atoms with Crippen molar-refractivity contribution in [2.75, 3.05) is 5.75 Å². The van der Waals surface area contributed by atoms with Crippen LogP contribution in [0.1, 0.15) is 5.56 Å². The summed E-state index contributed by atoms with van der Waals surface area (Å²) >= 11 is 7.71. The molecule has 1 aromatic heterocycles. The van der Waals surface area contributed by atoms with Crippen molar-refractivity contribution in [1.29, 1.82) is 0 Å². The molecule has 0 saturated carbocycles. The van der Waals surface area contributed by atoms with Crippen molar-refractivity contribution in [2.24, 2.45) is 5.73 Å². The van der Waals surface area contributed by atoms with Gasteiger partial charge < -0.3 is 5.73 Å². The third-order valence-corrected chi connectivity index (χ3v) is 5.05. The fourth-order valence-corrected chi connectivity index (χ4v) is 3.74. The maximum Gasteiger partial charge on any atom is 0.328 e. The van der Waals surface area contributed by atoms with Crippen LogP contribution in [0.15, 0.2) is 20.6 Å². The van der Waals surface area contributed by atoms with Crippen molar-refractivity contribution in [3.05, 3.63) is 37.5 Å². The minimum Gasteiger partial charge on any atom is -0.325 e. The molecular weight excluding hydrogens is 286 g/mol. The van der Waals surface area contributed by atoms with Gasteiger partial charge in [-0.15, -0.1) is 11.8 Å². The number of halogens is 1. The quantitative estimate of drug-likeness (QED) is 0.762. The maximum atomic E-state index is 12.0. The summed E-state index contributed by atoms with van der Waals surface area (Å²) in [7, 11) is 0. The highest BCUT2D eigenvalue weighted by molar-refractivity contribution is 7.99. The third kappa shape index (κ3) is 1.91. The number of benzene rings is 1. The fraction of sp³-hybridized carbons (Fsp3) is 0.333. The number of aromatic nitrogens is 2. The van der Waals surface area contributed by atoms with Gasteiger partial charge in [-0.2, -0.15) is 0 Å². The Bertz CT molecular complexity index is 796. The molecule has 0 saturated heterocycles. The lowest BCUT2D eigenvalue weighted by atomic mass is 10.1. The van der Waals surface area contributed by atoms with E-state index in [0.717, 1.165) is 10.5 Å². The van der Waals surface area contributed by atoms with E-state index in [4.69, 9.17) is 17.3 Å². The summed E-state index contributed by atoms with van der Waals surface area (Å²) in [5.41, 5.74) is 6.68. The predicted molar refractivity (Wildman–Crippen MR) is 77.3 cm³/mol. The van der Waals surface area contributed by atoms with E-state index in [1.165, 1.54) is 0 Å². The Morgan fingerprint density at radius 3 is 3.00 bits per heavy atom. The van der Waals surface area contributed by atoms with Gasteiger partial charge in [-0.05, 0) is 18.6 Å². The first-order valence-electron chi connectivity index (χ1n) is 5.83. The van der Waals surface area contributed by atoms with E-state index in [1.807, 2.05) is 6.92 Å². The Morgan fingerprint density at radius 1 is 1.53 bits per heavy atom. The van der Waals surface area contributed by atoms with Crippen LogP contribution in [0.5, 0.6) is 0 Å². The summed E-state index contributed by atoms with van der Waals surface area (Å²) in [6, 6.07) is 1.48. The molecule has 1 aromatic carbocycles. The molecule has 0 fully saturated rings. The third-order valence-electron chi connectivity index (χ3n) is 3.28. The fourth-order valence-electron chi connectivity index (χ4n) is 2.31. The van der Waals surface area contributed by atoms with E-state index in [2.05, 4.69) is 4.98 Å². The summed E-state index contributed by atoms with van der Waals surface area (Å²) in [5.74, 6) is 0.686. The van der Waals surface area contributed by atoms with Crippen LogP contribution in [0.4, 0.5) is 0 Å². The van der Waals surface area contributed by atoms with Crippen LogP contribution in [0.25, 0.3) is 10.9 Å². The Kier molecular flexibility index (Phi) is 2.96. The number of rotatable bonds is 0. The van der Waals surface area contributed by atoms with Crippen LogP contribution in [-0.4, -0.2) is 21.3 Å². The zero-order valence-electron chi connectivity index (χ0n) is 10.2. The summed E-state index contributed by atoms with van der Waals surface area (Å²) < 4.78 is 1.54. The van der Waals surface area contributed by atoms with Gasteiger partial charge in [-0.3, -0.25) is 14.3 Å². The highest BCUT2D eigenvalue weighted by atomic mass is 35.5.